The molecule has 2 rings (SSSR count). The fraction of sp³-hybridized carbons (Fsp3) is 0.214. The average Bonchev–Trinajstić information content (AvgIpc) is 2.74. The maximum absolute atomic E-state index is 12.4. The Morgan fingerprint density at radius 1 is 1.35 bits per heavy atom. The molecule has 0 aliphatic carbocycles. The summed E-state index contributed by atoms with van der Waals surface area (Å²) < 4.78 is 3.58. The number of nitrogens with zero attached hydrogens (tertiary/aromatic N) is 1. The fourth-order valence-electron chi connectivity index (χ4n) is 1.87. The van der Waals surface area contributed by atoms with Crippen LogP contribution in [0.3, 0.4) is 0 Å². The lowest BCUT2D eigenvalue weighted by Crippen LogP contribution is -2.17. The standard InChI is InChI=1S/C14H13Br2ClN2O/c1-2-5-19-8-9(15)6-13(19)14(20)18-12-4-3-10(17)7-11(12)16/h3-4,6-8H,2,5H2,1H3,(H,18,20). The number of aromatic nitrogens is 1. The van der Waals surface area contributed by atoms with E-state index in [9.17, 15) is 4.79 Å². The van der Waals surface area contributed by atoms with Crippen molar-refractivity contribution in [1.29, 1.82) is 0 Å². The number of carbonyl (C=O) groups excluding carboxylic acids is 1. The quantitative estimate of drug-likeness (QED) is 0.713. The zero-order chi connectivity index (χ0) is 14.7. The maximum atomic E-state index is 12.4. The zero-order valence-electron chi connectivity index (χ0n) is 10.8. The Kier molecular flexibility index (Phi) is 5.29. The molecule has 0 aliphatic heterocycles. The molecule has 1 aromatic carbocycles. The van der Waals surface area contributed by atoms with Crippen LogP contribution in [0.1, 0.15) is 23.8 Å². The lowest BCUT2D eigenvalue weighted by molar-refractivity contribution is 0.101. The highest BCUT2D eigenvalue weighted by Crippen LogP contribution is 2.26. The minimum absolute atomic E-state index is 0.146. The number of hydrogen-bond acceptors (Lipinski definition) is 1. The van der Waals surface area contributed by atoms with Crippen molar-refractivity contribution >= 4 is 55.1 Å². The summed E-state index contributed by atoms with van der Waals surface area (Å²) in [6.07, 6.45) is 2.88. The Balaban J connectivity index is 2.23. The van der Waals surface area contributed by atoms with Gasteiger partial charge in [-0.1, -0.05) is 18.5 Å². The molecular weight excluding hydrogens is 407 g/mol. The minimum Gasteiger partial charge on any atom is -0.342 e. The van der Waals surface area contributed by atoms with E-state index in [0.717, 1.165) is 21.9 Å². The van der Waals surface area contributed by atoms with Gasteiger partial charge in [0.2, 0.25) is 0 Å². The van der Waals surface area contributed by atoms with Gasteiger partial charge < -0.3 is 9.88 Å². The molecule has 0 unspecified atom stereocenters. The third-order valence-corrected chi connectivity index (χ3v) is 4.06. The normalized spacial score (nSPS) is 10.6. The number of halogens is 3. The van der Waals surface area contributed by atoms with Gasteiger partial charge in [-0.25, -0.2) is 0 Å². The first-order valence-electron chi connectivity index (χ1n) is 6.13. The molecule has 1 N–H and O–H groups in total. The van der Waals surface area contributed by atoms with Gasteiger partial charge in [0.25, 0.3) is 5.91 Å². The molecule has 0 atom stereocenters. The second kappa shape index (κ2) is 6.78. The summed E-state index contributed by atoms with van der Waals surface area (Å²) in [5.74, 6) is -0.146. The molecule has 1 aromatic heterocycles. The number of amides is 1. The molecule has 2 aromatic rings. The van der Waals surface area contributed by atoms with Gasteiger partial charge >= 0.3 is 0 Å². The molecule has 0 saturated carbocycles. The van der Waals surface area contributed by atoms with Crippen LogP contribution in [-0.4, -0.2) is 10.5 Å². The SMILES string of the molecule is CCCn1cc(Br)cc1C(=O)Nc1ccc(Cl)cc1Br. The van der Waals surface area contributed by atoms with Gasteiger partial charge in [-0.2, -0.15) is 0 Å². The third kappa shape index (κ3) is 3.65. The van der Waals surface area contributed by atoms with E-state index < -0.39 is 0 Å². The highest BCUT2D eigenvalue weighted by Gasteiger charge is 2.14. The molecule has 0 radical (unpaired) electrons. The third-order valence-electron chi connectivity index (χ3n) is 2.74. The smallest absolute Gasteiger partial charge is 0.272 e. The topological polar surface area (TPSA) is 34.0 Å². The fourth-order valence-corrected chi connectivity index (χ4v) is 3.11. The second-order valence-corrected chi connectivity index (χ2v) is 6.52. The number of aryl methyl sites for hydroxylation is 1. The van der Waals surface area contributed by atoms with Crippen LogP contribution >= 0.6 is 43.5 Å². The summed E-state index contributed by atoms with van der Waals surface area (Å²) in [6, 6.07) is 7.07. The second-order valence-electron chi connectivity index (χ2n) is 4.32. The molecule has 1 heterocycles. The molecule has 1 amide bonds. The van der Waals surface area contributed by atoms with Gasteiger partial charge in [0.05, 0.1) is 5.69 Å². The van der Waals surface area contributed by atoms with E-state index >= 15 is 0 Å². The minimum atomic E-state index is -0.146. The van der Waals surface area contributed by atoms with Crippen molar-refractivity contribution in [3.05, 3.63) is 50.1 Å². The van der Waals surface area contributed by atoms with Crippen LogP contribution in [0.25, 0.3) is 0 Å². The molecule has 3 nitrogen and oxygen atoms in total. The Labute approximate surface area is 139 Å². The molecule has 0 bridgehead atoms. The molecule has 0 spiro atoms. The lowest BCUT2D eigenvalue weighted by Gasteiger charge is -2.10. The van der Waals surface area contributed by atoms with Gasteiger partial charge in [0, 0.05) is 26.7 Å². The van der Waals surface area contributed by atoms with Crippen molar-refractivity contribution < 1.29 is 4.79 Å². The Morgan fingerprint density at radius 3 is 2.75 bits per heavy atom. The monoisotopic (exact) mass is 418 g/mol. The molecule has 6 heteroatoms. The van der Waals surface area contributed by atoms with Gasteiger partial charge in [0.15, 0.2) is 0 Å². The Hall–Kier alpha value is -0.780. The van der Waals surface area contributed by atoms with E-state index in [0.29, 0.717) is 16.4 Å². The summed E-state index contributed by atoms with van der Waals surface area (Å²) in [6.45, 7) is 2.88. The van der Waals surface area contributed by atoms with Gasteiger partial charge in [-0.05, 0) is 62.5 Å². The van der Waals surface area contributed by atoms with E-state index in [4.69, 9.17) is 11.6 Å². The van der Waals surface area contributed by atoms with Crippen molar-refractivity contribution in [2.45, 2.75) is 19.9 Å². The summed E-state index contributed by atoms with van der Waals surface area (Å²) in [7, 11) is 0. The van der Waals surface area contributed by atoms with E-state index in [-0.39, 0.29) is 5.91 Å². The van der Waals surface area contributed by atoms with Crippen LogP contribution in [0.4, 0.5) is 5.69 Å². The van der Waals surface area contributed by atoms with Crippen molar-refractivity contribution in [3.63, 3.8) is 0 Å². The van der Waals surface area contributed by atoms with Gasteiger partial charge in [-0.15, -0.1) is 0 Å². The van der Waals surface area contributed by atoms with Crippen molar-refractivity contribution in [2.24, 2.45) is 0 Å². The van der Waals surface area contributed by atoms with E-state index in [1.807, 2.05) is 16.8 Å². The van der Waals surface area contributed by atoms with Crippen molar-refractivity contribution in [3.8, 4) is 0 Å². The number of benzene rings is 1. The highest BCUT2D eigenvalue weighted by atomic mass is 79.9. The largest absolute Gasteiger partial charge is 0.342 e. The first kappa shape index (κ1) is 15.6. The number of nitrogens with one attached hydrogen (secondary N) is 1. The zero-order valence-corrected chi connectivity index (χ0v) is 14.7. The lowest BCUT2D eigenvalue weighted by atomic mass is 10.3. The van der Waals surface area contributed by atoms with Crippen LogP contribution in [-0.2, 0) is 6.54 Å². The Morgan fingerprint density at radius 2 is 2.10 bits per heavy atom. The highest BCUT2D eigenvalue weighted by molar-refractivity contribution is 9.10. The molecule has 0 fully saturated rings. The summed E-state index contributed by atoms with van der Waals surface area (Å²) in [5.41, 5.74) is 1.32. The predicted molar refractivity (Wildman–Crippen MR) is 89.5 cm³/mol. The summed E-state index contributed by atoms with van der Waals surface area (Å²) in [4.78, 5) is 12.4. The first-order chi connectivity index (χ1) is 9.51. The number of hydrogen-bond donors (Lipinski definition) is 1. The maximum Gasteiger partial charge on any atom is 0.272 e. The van der Waals surface area contributed by atoms with E-state index in [2.05, 4.69) is 44.1 Å². The van der Waals surface area contributed by atoms with Crippen LogP contribution in [0.15, 0.2) is 39.4 Å². The molecule has 0 aliphatic rings. The van der Waals surface area contributed by atoms with Crippen molar-refractivity contribution in [2.75, 3.05) is 5.32 Å². The number of anilines is 1. The molecule has 20 heavy (non-hydrogen) atoms. The molecular formula is C14H13Br2ClN2O. The van der Waals surface area contributed by atoms with Crippen LogP contribution in [0.5, 0.6) is 0 Å². The number of rotatable bonds is 4. The summed E-state index contributed by atoms with van der Waals surface area (Å²) in [5, 5.41) is 3.50. The van der Waals surface area contributed by atoms with E-state index in [1.54, 1.807) is 18.2 Å². The first-order valence-corrected chi connectivity index (χ1v) is 8.09. The van der Waals surface area contributed by atoms with Gasteiger partial charge in [0.1, 0.15) is 5.69 Å². The van der Waals surface area contributed by atoms with E-state index in [1.165, 1.54) is 0 Å². The molecule has 0 saturated heterocycles. The van der Waals surface area contributed by atoms with Crippen molar-refractivity contribution in [1.82, 2.24) is 4.57 Å². The Bertz CT molecular complexity index is 640. The van der Waals surface area contributed by atoms with Gasteiger partial charge in [-0.3, -0.25) is 4.79 Å². The van der Waals surface area contributed by atoms with Crippen LogP contribution < -0.4 is 5.32 Å². The number of carbonyl (C=O) groups is 1. The average molecular weight is 421 g/mol. The predicted octanol–water partition coefficient (Wildman–Crippen LogP) is 5.33. The van der Waals surface area contributed by atoms with Crippen LogP contribution in [0.2, 0.25) is 5.02 Å². The van der Waals surface area contributed by atoms with Crippen LogP contribution in [0, 0.1) is 0 Å². The summed E-state index contributed by atoms with van der Waals surface area (Å²) >= 11 is 12.7. The molecule has 106 valence electrons.